The fraction of sp³-hybridized carbons (Fsp3) is 0.238. The Labute approximate surface area is 156 Å². The van der Waals surface area contributed by atoms with Crippen LogP contribution in [-0.2, 0) is 0 Å². The zero-order valence-corrected chi connectivity index (χ0v) is 14.9. The first kappa shape index (κ1) is 17.3. The summed E-state index contributed by atoms with van der Waals surface area (Å²) in [5, 5.41) is 3.96. The van der Waals surface area contributed by atoms with E-state index in [0.717, 1.165) is 29.7 Å². The first-order valence-electron chi connectivity index (χ1n) is 8.83. The summed E-state index contributed by atoms with van der Waals surface area (Å²) in [5.41, 5.74) is 2.02. The highest BCUT2D eigenvalue weighted by Gasteiger charge is 2.32. The van der Waals surface area contributed by atoms with Gasteiger partial charge in [-0.2, -0.15) is 0 Å². The summed E-state index contributed by atoms with van der Waals surface area (Å²) in [6, 6.07) is 15.3. The van der Waals surface area contributed by atoms with Crippen molar-refractivity contribution < 1.29 is 18.4 Å². The molecule has 0 N–H and O–H groups in total. The molecule has 2 aromatic carbocycles. The zero-order chi connectivity index (χ0) is 18.8. The van der Waals surface area contributed by atoms with Gasteiger partial charge < -0.3 is 14.2 Å². The molecule has 1 unspecified atom stereocenters. The van der Waals surface area contributed by atoms with E-state index in [4.69, 9.17) is 9.26 Å². The minimum absolute atomic E-state index is 0.0702. The molecule has 0 bridgehead atoms. The largest absolute Gasteiger partial charge is 0.497 e. The van der Waals surface area contributed by atoms with Gasteiger partial charge in [0.05, 0.1) is 13.2 Å². The van der Waals surface area contributed by atoms with E-state index < -0.39 is 0 Å². The number of benzene rings is 2. The van der Waals surface area contributed by atoms with Crippen LogP contribution in [0.5, 0.6) is 5.75 Å². The molecule has 1 atom stereocenters. The van der Waals surface area contributed by atoms with Gasteiger partial charge in [-0.05, 0) is 54.8 Å². The molecule has 4 rings (SSSR count). The van der Waals surface area contributed by atoms with Crippen molar-refractivity contribution in [2.75, 3.05) is 13.7 Å². The van der Waals surface area contributed by atoms with Crippen LogP contribution in [0.4, 0.5) is 4.39 Å². The van der Waals surface area contributed by atoms with Crippen LogP contribution in [0.1, 0.15) is 34.9 Å². The molecule has 3 aromatic rings. The lowest BCUT2D eigenvalue weighted by Crippen LogP contribution is -2.30. The van der Waals surface area contributed by atoms with Gasteiger partial charge in [-0.1, -0.05) is 17.3 Å². The van der Waals surface area contributed by atoms with Crippen LogP contribution in [0.15, 0.2) is 59.1 Å². The highest BCUT2D eigenvalue weighted by molar-refractivity contribution is 5.93. The number of ether oxygens (including phenoxy) is 1. The van der Waals surface area contributed by atoms with E-state index in [0.29, 0.717) is 12.3 Å². The predicted octanol–water partition coefficient (Wildman–Crippen LogP) is 4.47. The molecule has 138 valence electrons. The molecule has 0 saturated carbocycles. The van der Waals surface area contributed by atoms with Crippen LogP contribution in [0.2, 0.25) is 0 Å². The lowest BCUT2D eigenvalue weighted by atomic mass is 10.0. The van der Waals surface area contributed by atoms with Gasteiger partial charge >= 0.3 is 0 Å². The normalized spacial score (nSPS) is 16.5. The number of halogens is 1. The van der Waals surface area contributed by atoms with Crippen molar-refractivity contribution in [3.8, 4) is 17.1 Å². The molecule has 27 heavy (non-hydrogen) atoms. The molecular weight excluding hydrogens is 347 g/mol. The molecule has 1 aliphatic rings. The van der Waals surface area contributed by atoms with E-state index in [1.54, 1.807) is 30.2 Å². The Morgan fingerprint density at radius 1 is 1.19 bits per heavy atom. The van der Waals surface area contributed by atoms with Crippen LogP contribution in [0.3, 0.4) is 0 Å². The van der Waals surface area contributed by atoms with E-state index in [2.05, 4.69) is 5.16 Å². The molecule has 5 nitrogen and oxygen atoms in total. The summed E-state index contributed by atoms with van der Waals surface area (Å²) in [4.78, 5) is 14.7. The third-order valence-corrected chi connectivity index (χ3v) is 4.87. The Hall–Kier alpha value is -3.15. The molecule has 1 amide bonds. The SMILES string of the molecule is COc1ccc(-c2cc(C(=O)N3CCCC3c3ccc(F)cc3)no2)cc1. The number of likely N-dealkylation sites (tertiary alicyclic amines) is 1. The number of nitrogens with zero attached hydrogens (tertiary/aromatic N) is 2. The second kappa shape index (κ2) is 7.23. The lowest BCUT2D eigenvalue weighted by Gasteiger charge is -2.24. The first-order valence-corrected chi connectivity index (χ1v) is 8.83. The third-order valence-electron chi connectivity index (χ3n) is 4.87. The molecule has 0 radical (unpaired) electrons. The topological polar surface area (TPSA) is 55.6 Å². The number of methoxy groups -OCH3 is 1. The molecule has 0 aliphatic carbocycles. The van der Waals surface area contributed by atoms with Gasteiger partial charge in [-0.25, -0.2) is 4.39 Å². The highest BCUT2D eigenvalue weighted by Crippen LogP contribution is 2.33. The van der Waals surface area contributed by atoms with Crippen molar-refractivity contribution in [2.45, 2.75) is 18.9 Å². The number of carbonyl (C=O) groups is 1. The standard InChI is InChI=1S/C21H19FN2O3/c1-26-17-10-6-15(7-11-17)20-13-18(23-27-20)21(25)24-12-2-3-19(24)14-4-8-16(22)9-5-14/h4-11,13,19H,2-3,12H2,1H3. The van der Waals surface area contributed by atoms with Crippen LogP contribution < -0.4 is 4.74 Å². The van der Waals surface area contributed by atoms with E-state index >= 15 is 0 Å². The first-order chi connectivity index (χ1) is 13.2. The molecule has 0 spiro atoms. The molecule has 1 saturated heterocycles. The minimum atomic E-state index is -0.282. The average molecular weight is 366 g/mol. The average Bonchev–Trinajstić information content (AvgIpc) is 3.38. The maximum atomic E-state index is 13.2. The number of amides is 1. The monoisotopic (exact) mass is 366 g/mol. The van der Waals surface area contributed by atoms with Gasteiger partial charge in [0.15, 0.2) is 11.5 Å². The van der Waals surface area contributed by atoms with Gasteiger partial charge in [0.25, 0.3) is 5.91 Å². The maximum absolute atomic E-state index is 13.2. The number of rotatable bonds is 4. The van der Waals surface area contributed by atoms with E-state index in [1.807, 2.05) is 24.3 Å². The number of hydrogen-bond acceptors (Lipinski definition) is 4. The number of carbonyl (C=O) groups excluding carboxylic acids is 1. The van der Waals surface area contributed by atoms with Crippen molar-refractivity contribution in [1.29, 1.82) is 0 Å². The Morgan fingerprint density at radius 2 is 1.93 bits per heavy atom. The highest BCUT2D eigenvalue weighted by atomic mass is 19.1. The Kier molecular flexibility index (Phi) is 4.62. The Bertz CT molecular complexity index is 935. The van der Waals surface area contributed by atoms with Crippen LogP contribution >= 0.6 is 0 Å². The summed E-state index contributed by atoms with van der Waals surface area (Å²) in [5.74, 6) is 0.813. The smallest absolute Gasteiger partial charge is 0.276 e. The second-order valence-corrected chi connectivity index (χ2v) is 6.51. The zero-order valence-electron chi connectivity index (χ0n) is 14.9. The van der Waals surface area contributed by atoms with Crippen LogP contribution in [-0.4, -0.2) is 29.6 Å². The quantitative estimate of drug-likeness (QED) is 0.684. The predicted molar refractivity (Wildman–Crippen MR) is 97.9 cm³/mol. The van der Waals surface area contributed by atoms with E-state index in [9.17, 15) is 9.18 Å². The van der Waals surface area contributed by atoms with Crippen molar-refractivity contribution in [2.24, 2.45) is 0 Å². The van der Waals surface area contributed by atoms with Gasteiger partial charge in [0.2, 0.25) is 0 Å². The summed E-state index contributed by atoms with van der Waals surface area (Å²) < 4.78 is 23.7. The summed E-state index contributed by atoms with van der Waals surface area (Å²) in [7, 11) is 1.60. The van der Waals surface area contributed by atoms with Gasteiger partial charge in [0.1, 0.15) is 11.6 Å². The summed E-state index contributed by atoms with van der Waals surface area (Å²) in [6.07, 6.45) is 1.75. The maximum Gasteiger partial charge on any atom is 0.276 e. The molecule has 1 aromatic heterocycles. The third kappa shape index (κ3) is 3.43. The van der Waals surface area contributed by atoms with E-state index in [1.165, 1.54) is 12.1 Å². The van der Waals surface area contributed by atoms with Crippen molar-refractivity contribution in [1.82, 2.24) is 10.1 Å². The molecule has 1 aliphatic heterocycles. The summed E-state index contributed by atoms with van der Waals surface area (Å²) >= 11 is 0. The van der Waals surface area contributed by atoms with Crippen molar-refractivity contribution in [3.63, 3.8) is 0 Å². The Morgan fingerprint density at radius 3 is 2.63 bits per heavy atom. The molecule has 1 fully saturated rings. The molecular formula is C21H19FN2O3. The fourth-order valence-electron chi connectivity index (χ4n) is 3.46. The van der Waals surface area contributed by atoms with Crippen LogP contribution in [0, 0.1) is 5.82 Å². The van der Waals surface area contributed by atoms with Crippen molar-refractivity contribution in [3.05, 3.63) is 71.7 Å². The Balaban J connectivity index is 1.55. The second-order valence-electron chi connectivity index (χ2n) is 6.51. The van der Waals surface area contributed by atoms with Gasteiger partial charge in [-0.3, -0.25) is 4.79 Å². The summed E-state index contributed by atoms with van der Waals surface area (Å²) in [6.45, 7) is 0.644. The number of aromatic nitrogens is 1. The van der Waals surface area contributed by atoms with Crippen LogP contribution in [0.25, 0.3) is 11.3 Å². The molecule has 2 heterocycles. The fourth-order valence-corrected chi connectivity index (χ4v) is 3.46. The van der Waals surface area contributed by atoms with Gasteiger partial charge in [0, 0.05) is 18.2 Å². The van der Waals surface area contributed by atoms with E-state index in [-0.39, 0.29) is 23.5 Å². The van der Waals surface area contributed by atoms with Gasteiger partial charge in [-0.15, -0.1) is 0 Å². The minimum Gasteiger partial charge on any atom is -0.497 e. The molecule has 6 heteroatoms. The number of hydrogen-bond donors (Lipinski definition) is 0. The lowest BCUT2D eigenvalue weighted by molar-refractivity contribution is 0.0725. The van der Waals surface area contributed by atoms with Crippen molar-refractivity contribution >= 4 is 5.91 Å².